The molecule has 19 heavy (non-hydrogen) atoms. The molecule has 2 unspecified atom stereocenters. The number of aromatic nitrogens is 2. The van der Waals surface area contributed by atoms with Crippen LogP contribution in [0, 0.1) is 12.8 Å². The van der Waals surface area contributed by atoms with Crippen molar-refractivity contribution in [2.45, 2.75) is 45.2 Å². The number of hydrogen-bond donors (Lipinski definition) is 1. The molecule has 1 fully saturated rings. The summed E-state index contributed by atoms with van der Waals surface area (Å²) in [4.78, 5) is 18.0. The number of aryl methyl sites for hydroxylation is 1. The maximum absolute atomic E-state index is 12.2. The van der Waals surface area contributed by atoms with Crippen LogP contribution in [0.3, 0.4) is 0 Å². The van der Waals surface area contributed by atoms with Gasteiger partial charge in [0.1, 0.15) is 0 Å². The second kappa shape index (κ2) is 6.86. The van der Waals surface area contributed by atoms with Crippen molar-refractivity contribution in [1.29, 1.82) is 0 Å². The molecule has 2 N–H and O–H groups in total. The van der Waals surface area contributed by atoms with E-state index in [-0.39, 0.29) is 30.3 Å². The van der Waals surface area contributed by atoms with Crippen LogP contribution in [0.15, 0.2) is 4.52 Å². The molecule has 0 aromatic carbocycles. The summed E-state index contributed by atoms with van der Waals surface area (Å²) >= 11 is 0. The highest BCUT2D eigenvalue weighted by atomic mass is 35.5. The Morgan fingerprint density at radius 2 is 2.26 bits per heavy atom. The zero-order valence-corrected chi connectivity index (χ0v) is 12.2. The van der Waals surface area contributed by atoms with E-state index in [0.717, 1.165) is 25.7 Å². The standard InChI is InChI=1S/C12H20N4O2.ClH/c1-8-14-11(15-18-8)7-16(2)12(17)9-4-3-5-10(13)6-9;/h9-10H,3-7,13H2,1-2H3;1H. The molecule has 1 aliphatic rings. The number of carbonyl (C=O) groups excluding carboxylic acids is 1. The summed E-state index contributed by atoms with van der Waals surface area (Å²) in [5, 5.41) is 3.79. The monoisotopic (exact) mass is 288 g/mol. The highest BCUT2D eigenvalue weighted by Crippen LogP contribution is 2.24. The third-order valence-corrected chi connectivity index (χ3v) is 3.39. The molecule has 1 aliphatic carbocycles. The van der Waals surface area contributed by atoms with Crippen LogP contribution in [0.4, 0.5) is 0 Å². The van der Waals surface area contributed by atoms with E-state index in [1.807, 2.05) is 0 Å². The van der Waals surface area contributed by atoms with Gasteiger partial charge in [-0.05, 0) is 19.3 Å². The van der Waals surface area contributed by atoms with Gasteiger partial charge in [-0.25, -0.2) is 0 Å². The molecule has 1 heterocycles. The molecular weight excluding hydrogens is 268 g/mol. The first-order valence-corrected chi connectivity index (χ1v) is 6.36. The zero-order valence-electron chi connectivity index (χ0n) is 11.3. The van der Waals surface area contributed by atoms with E-state index in [1.165, 1.54) is 0 Å². The molecule has 1 aromatic heterocycles. The Hall–Kier alpha value is -1.14. The van der Waals surface area contributed by atoms with Gasteiger partial charge in [0.25, 0.3) is 0 Å². The van der Waals surface area contributed by atoms with E-state index < -0.39 is 0 Å². The van der Waals surface area contributed by atoms with E-state index in [0.29, 0.717) is 18.3 Å². The molecule has 2 rings (SSSR count). The number of amides is 1. The molecule has 2 atom stereocenters. The average molecular weight is 289 g/mol. The summed E-state index contributed by atoms with van der Waals surface area (Å²) in [6, 6.07) is 0.161. The summed E-state index contributed by atoms with van der Waals surface area (Å²) in [5.41, 5.74) is 5.91. The van der Waals surface area contributed by atoms with Gasteiger partial charge >= 0.3 is 0 Å². The summed E-state index contributed by atoms with van der Waals surface area (Å²) < 4.78 is 4.89. The highest BCUT2D eigenvalue weighted by Gasteiger charge is 2.28. The van der Waals surface area contributed by atoms with E-state index in [9.17, 15) is 4.79 Å². The number of nitrogens with two attached hydrogens (primary N) is 1. The lowest BCUT2D eigenvalue weighted by atomic mass is 9.85. The van der Waals surface area contributed by atoms with Gasteiger partial charge in [0, 0.05) is 25.9 Å². The fraction of sp³-hybridized carbons (Fsp3) is 0.750. The largest absolute Gasteiger partial charge is 0.340 e. The van der Waals surface area contributed by atoms with Gasteiger partial charge in [-0.1, -0.05) is 11.6 Å². The minimum atomic E-state index is 0. The molecule has 0 bridgehead atoms. The lowest BCUT2D eigenvalue weighted by molar-refractivity contribution is -0.136. The molecule has 0 saturated heterocycles. The van der Waals surface area contributed by atoms with Gasteiger partial charge < -0.3 is 15.2 Å². The minimum absolute atomic E-state index is 0. The number of halogens is 1. The van der Waals surface area contributed by atoms with Crippen molar-refractivity contribution in [3.63, 3.8) is 0 Å². The van der Waals surface area contributed by atoms with Gasteiger partial charge in [-0.3, -0.25) is 4.79 Å². The molecule has 1 amide bonds. The first-order chi connectivity index (χ1) is 8.56. The van der Waals surface area contributed by atoms with Crippen molar-refractivity contribution in [3.8, 4) is 0 Å². The smallest absolute Gasteiger partial charge is 0.225 e. The summed E-state index contributed by atoms with van der Waals surface area (Å²) in [7, 11) is 1.77. The van der Waals surface area contributed by atoms with Crippen LogP contribution in [-0.2, 0) is 11.3 Å². The van der Waals surface area contributed by atoms with Crippen molar-refractivity contribution in [3.05, 3.63) is 11.7 Å². The Bertz CT molecular complexity index is 424. The highest BCUT2D eigenvalue weighted by molar-refractivity contribution is 5.85. The van der Waals surface area contributed by atoms with Crippen molar-refractivity contribution in [1.82, 2.24) is 15.0 Å². The predicted octanol–water partition coefficient (Wildman–Crippen LogP) is 1.28. The van der Waals surface area contributed by atoms with E-state index in [1.54, 1.807) is 18.9 Å². The van der Waals surface area contributed by atoms with Crippen molar-refractivity contribution in [2.24, 2.45) is 11.7 Å². The Morgan fingerprint density at radius 1 is 1.53 bits per heavy atom. The van der Waals surface area contributed by atoms with Gasteiger partial charge in [-0.15, -0.1) is 12.4 Å². The number of hydrogen-bond acceptors (Lipinski definition) is 5. The molecule has 0 radical (unpaired) electrons. The second-order valence-corrected chi connectivity index (χ2v) is 5.05. The summed E-state index contributed by atoms with van der Waals surface area (Å²) in [6.07, 6.45) is 3.78. The van der Waals surface area contributed by atoms with Crippen molar-refractivity contribution >= 4 is 18.3 Å². The number of carbonyl (C=O) groups is 1. The number of nitrogens with zero attached hydrogens (tertiary/aromatic N) is 3. The fourth-order valence-corrected chi connectivity index (χ4v) is 2.46. The molecule has 1 aromatic rings. The summed E-state index contributed by atoms with van der Waals surface area (Å²) in [6.45, 7) is 2.13. The molecule has 6 nitrogen and oxygen atoms in total. The normalized spacial score (nSPS) is 22.7. The Kier molecular flexibility index (Phi) is 5.75. The fourth-order valence-electron chi connectivity index (χ4n) is 2.46. The number of rotatable bonds is 3. The second-order valence-electron chi connectivity index (χ2n) is 5.05. The molecule has 108 valence electrons. The Morgan fingerprint density at radius 3 is 2.84 bits per heavy atom. The van der Waals surface area contributed by atoms with Crippen LogP contribution in [0.25, 0.3) is 0 Å². The van der Waals surface area contributed by atoms with E-state index in [4.69, 9.17) is 10.3 Å². The third kappa shape index (κ3) is 4.18. The lowest BCUT2D eigenvalue weighted by Gasteiger charge is -2.28. The van der Waals surface area contributed by atoms with Gasteiger partial charge in [-0.2, -0.15) is 4.98 Å². The van der Waals surface area contributed by atoms with Crippen LogP contribution >= 0.6 is 12.4 Å². The lowest BCUT2D eigenvalue weighted by Crippen LogP contribution is -2.38. The maximum Gasteiger partial charge on any atom is 0.225 e. The van der Waals surface area contributed by atoms with E-state index in [2.05, 4.69) is 10.1 Å². The summed E-state index contributed by atoms with van der Waals surface area (Å²) in [5.74, 6) is 1.24. The SMILES string of the molecule is Cc1nc(CN(C)C(=O)C2CCCC(N)C2)no1.Cl. The molecular formula is C12H21ClN4O2. The van der Waals surface area contributed by atoms with Crippen LogP contribution in [0.1, 0.15) is 37.4 Å². The molecule has 1 saturated carbocycles. The van der Waals surface area contributed by atoms with Gasteiger partial charge in [0.2, 0.25) is 11.8 Å². The quantitative estimate of drug-likeness (QED) is 0.905. The zero-order chi connectivity index (χ0) is 13.1. The maximum atomic E-state index is 12.2. The Balaban J connectivity index is 0.00000180. The van der Waals surface area contributed by atoms with Crippen LogP contribution in [0.5, 0.6) is 0 Å². The van der Waals surface area contributed by atoms with Crippen LogP contribution in [-0.4, -0.2) is 34.0 Å². The molecule has 7 heteroatoms. The Labute approximate surface area is 119 Å². The first kappa shape index (κ1) is 15.9. The van der Waals surface area contributed by atoms with Crippen molar-refractivity contribution in [2.75, 3.05) is 7.05 Å². The topological polar surface area (TPSA) is 85.2 Å². The van der Waals surface area contributed by atoms with Crippen LogP contribution < -0.4 is 5.73 Å². The minimum Gasteiger partial charge on any atom is -0.340 e. The van der Waals surface area contributed by atoms with Gasteiger partial charge in [0.05, 0.1) is 6.54 Å². The molecule has 0 aliphatic heterocycles. The third-order valence-electron chi connectivity index (χ3n) is 3.39. The van der Waals surface area contributed by atoms with Crippen LogP contribution in [0.2, 0.25) is 0 Å². The van der Waals surface area contributed by atoms with Gasteiger partial charge in [0.15, 0.2) is 5.82 Å². The average Bonchev–Trinajstić information content (AvgIpc) is 2.73. The van der Waals surface area contributed by atoms with E-state index >= 15 is 0 Å². The predicted molar refractivity (Wildman–Crippen MR) is 72.7 cm³/mol. The first-order valence-electron chi connectivity index (χ1n) is 6.36. The van der Waals surface area contributed by atoms with Crippen molar-refractivity contribution < 1.29 is 9.32 Å². The molecule has 0 spiro atoms.